The Morgan fingerprint density at radius 3 is 2.84 bits per heavy atom. The summed E-state index contributed by atoms with van der Waals surface area (Å²) in [5.41, 5.74) is 0.563. The van der Waals surface area contributed by atoms with Gasteiger partial charge in [-0.15, -0.1) is 0 Å². The first-order valence-corrected chi connectivity index (χ1v) is 10.7. The Bertz CT molecular complexity index is 1150. The molecule has 9 heteroatoms. The van der Waals surface area contributed by atoms with Crippen LogP contribution in [0.4, 0.5) is 8.78 Å². The van der Waals surface area contributed by atoms with Gasteiger partial charge in [0, 0.05) is 50.2 Å². The number of rotatable bonds is 4. The number of H-pyrrole nitrogens is 1. The minimum absolute atomic E-state index is 0.0151. The van der Waals surface area contributed by atoms with Crippen molar-refractivity contribution in [2.45, 2.75) is 38.1 Å². The zero-order chi connectivity index (χ0) is 21.5. The molecule has 0 aliphatic carbocycles. The van der Waals surface area contributed by atoms with Crippen LogP contribution in [0.25, 0.3) is 5.52 Å². The molecule has 2 aliphatic heterocycles. The van der Waals surface area contributed by atoms with Gasteiger partial charge in [0.25, 0.3) is 5.56 Å². The summed E-state index contributed by atoms with van der Waals surface area (Å²) in [6.07, 6.45) is 3.29. The first-order chi connectivity index (χ1) is 15.0. The molecule has 7 nitrogen and oxygen atoms in total. The number of hydrogen-bond acceptors (Lipinski definition) is 5. The van der Waals surface area contributed by atoms with Crippen LogP contribution >= 0.6 is 0 Å². The molecule has 0 spiro atoms. The third kappa shape index (κ3) is 3.87. The lowest BCUT2D eigenvalue weighted by Gasteiger charge is -2.21. The molecular formula is C22H25F2N5O2. The fraction of sp³-hybridized carbons (Fsp3) is 0.500. The lowest BCUT2D eigenvalue weighted by atomic mass is 9.97. The molecule has 0 radical (unpaired) electrons. The molecule has 3 aromatic rings. The number of halogens is 2. The van der Waals surface area contributed by atoms with E-state index >= 15 is 0 Å². The monoisotopic (exact) mass is 429 g/mol. The SMILES string of the molecule is CC1CN(Cc2cc(F)ccc2F)CC1c1nn2c(C3CCOCC3)ncc2c(=O)[nH]1. The molecule has 2 aliphatic rings. The highest BCUT2D eigenvalue weighted by Gasteiger charge is 2.34. The lowest BCUT2D eigenvalue weighted by Crippen LogP contribution is -2.24. The summed E-state index contributed by atoms with van der Waals surface area (Å²) in [5.74, 6) is 0.952. The Kier molecular flexibility index (Phi) is 5.31. The molecule has 1 N–H and O–H groups in total. The average Bonchev–Trinajstić information content (AvgIpc) is 3.35. The number of imidazole rings is 1. The molecule has 2 fully saturated rings. The van der Waals surface area contributed by atoms with Crippen molar-refractivity contribution in [1.29, 1.82) is 0 Å². The number of likely N-dealkylation sites (tertiary alicyclic amines) is 1. The molecule has 164 valence electrons. The van der Waals surface area contributed by atoms with Crippen molar-refractivity contribution in [2.75, 3.05) is 26.3 Å². The highest BCUT2D eigenvalue weighted by molar-refractivity contribution is 5.42. The van der Waals surface area contributed by atoms with Gasteiger partial charge in [0.15, 0.2) is 5.52 Å². The Morgan fingerprint density at radius 2 is 2.03 bits per heavy atom. The second kappa shape index (κ2) is 8.12. The van der Waals surface area contributed by atoms with E-state index in [2.05, 4.69) is 21.8 Å². The summed E-state index contributed by atoms with van der Waals surface area (Å²) < 4.78 is 34.8. The molecule has 2 atom stereocenters. The standard InChI is InChI=1S/C22H25F2N5O2/c1-13-10-28(11-15-8-16(23)2-3-18(15)24)12-17(13)20-26-22(30)19-9-25-21(29(19)27-20)14-4-6-31-7-5-14/h2-3,8-9,13-14,17H,4-7,10-12H2,1H3,(H,26,27,30). The van der Waals surface area contributed by atoms with Gasteiger partial charge in [-0.1, -0.05) is 6.92 Å². The van der Waals surface area contributed by atoms with Crippen LogP contribution in [0.15, 0.2) is 29.2 Å². The van der Waals surface area contributed by atoms with E-state index < -0.39 is 11.6 Å². The van der Waals surface area contributed by atoms with Crippen LogP contribution in [0.3, 0.4) is 0 Å². The van der Waals surface area contributed by atoms with E-state index in [-0.39, 0.29) is 23.3 Å². The van der Waals surface area contributed by atoms with Crippen LogP contribution < -0.4 is 5.56 Å². The normalized spacial score (nSPS) is 23.1. The molecule has 31 heavy (non-hydrogen) atoms. The maximum absolute atomic E-state index is 14.1. The largest absolute Gasteiger partial charge is 0.381 e. The smallest absolute Gasteiger partial charge is 0.276 e. The fourth-order valence-corrected chi connectivity index (χ4v) is 4.79. The number of hydrogen-bond donors (Lipinski definition) is 1. The maximum atomic E-state index is 14.1. The van der Waals surface area contributed by atoms with E-state index in [0.29, 0.717) is 49.8 Å². The minimum atomic E-state index is -0.447. The first kappa shape index (κ1) is 20.3. The highest BCUT2D eigenvalue weighted by Crippen LogP contribution is 2.32. The molecule has 0 saturated carbocycles. The van der Waals surface area contributed by atoms with Crippen LogP contribution in [0.5, 0.6) is 0 Å². The van der Waals surface area contributed by atoms with Crippen LogP contribution in [-0.2, 0) is 11.3 Å². The van der Waals surface area contributed by atoms with Gasteiger partial charge in [0.2, 0.25) is 0 Å². The lowest BCUT2D eigenvalue weighted by molar-refractivity contribution is 0.0832. The van der Waals surface area contributed by atoms with Gasteiger partial charge < -0.3 is 9.72 Å². The highest BCUT2D eigenvalue weighted by atomic mass is 19.1. The van der Waals surface area contributed by atoms with Crippen molar-refractivity contribution >= 4 is 5.52 Å². The molecular weight excluding hydrogens is 404 g/mol. The van der Waals surface area contributed by atoms with Gasteiger partial charge >= 0.3 is 0 Å². The Balaban J connectivity index is 1.42. The molecule has 0 bridgehead atoms. The van der Waals surface area contributed by atoms with Gasteiger partial charge in [-0.2, -0.15) is 5.10 Å². The van der Waals surface area contributed by atoms with Crippen LogP contribution in [0.1, 0.15) is 48.8 Å². The summed E-state index contributed by atoms with van der Waals surface area (Å²) in [6.45, 7) is 5.08. The number of nitrogens with one attached hydrogen (secondary N) is 1. The van der Waals surface area contributed by atoms with E-state index in [9.17, 15) is 13.6 Å². The van der Waals surface area contributed by atoms with Gasteiger partial charge in [0.05, 0.1) is 6.20 Å². The first-order valence-electron chi connectivity index (χ1n) is 10.7. The van der Waals surface area contributed by atoms with Crippen LogP contribution in [0, 0.1) is 17.6 Å². The Hall–Kier alpha value is -2.65. The van der Waals surface area contributed by atoms with Crippen molar-refractivity contribution in [2.24, 2.45) is 5.92 Å². The van der Waals surface area contributed by atoms with Crippen molar-refractivity contribution in [3.05, 3.63) is 63.6 Å². The van der Waals surface area contributed by atoms with E-state index in [1.54, 1.807) is 10.7 Å². The molecule has 2 unspecified atom stereocenters. The predicted molar refractivity (Wildman–Crippen MR) is 110 cm³/mol. The number of fused-ring (bicyclic) bond motifs is 1. The predicted octanol–water partition coefficient (Wildman–Crippen LogP) is 2.83. The average molecular weight is 429 g/mol. The second-order valence-corrected chi connectivity index (χ2v) is 8.65. The molecule has 2 aromatic heterocycles. The number of aromatic amines is 1. The van der Waals surface area contributed by atoms with Crippen LogP contribution in [-0.4, -0.2) is 50.8 Å². The third-order valence-corrected chi connectivity index (χ3v) is 6.47. The van der Waals surface area contributed by atoms with Gasteiger partial charge in [-0.25, -0.2) is 18.3 Å². The van der Waals surface area contributed by atoms with Gasteiger partial charge in [-0.3, -0.25) is 9.69 Å². The summed E-state index contributed by atoms with van der Waals surface area (Å²) in [4.78, 5) is 22.2. The summed E-state index contributed by atoms with van der Waals surface area (Å²) in [6, 6.07) is 3.52. The van der Waals surface area contributed by atoms with E-state index in [0.717, 1.165) is 30.8 Å². The van der Waals surface area contributed by atoms with Crippen molar-refractivity contribution in [1.82, 2.24) is 24.5 Å². The second-order valence-electron chi connectivity index (χ2n) is 8.65. The van der Waals surface area contributed by atoms with Crippen molar-refractivity contribution < 1.29 is 13.5 Å². The van der Waals surface area contributed by atoms with Crippen molar-refractivity contribution in [3.8, 4) is 0 Å². The maximum Gasteiger partial charge on any atom is 0.276 e. The van der Waals surface area contributed by atoms with Gasteiger partial charge in [0.1, 0.15) is 23.3 Å². The summed E-state index contributed by atoms with van der Waals surface area (Å²) >= 11 is 0. The minimum Gasteiger partial charge on any atom is -0.381 e. The number of ether oxygens (including phenoxy) is 1. The van der Waals surface area contributed by atoms with Gasteiger partial charge in [-0.05, 0) is 37.0 Å². The molecule has 5 rings (SSSR count). The Labute approximate surface area is 178 Å². The summed E-state index contributed by atoms with van der Waals surface area (Å²) in [7, 11) is 0. The fourth-order valence-electron chi connectivity index (χ4n) is 4.79. The third-order valence-electron chi connectivity index (χ3n) is 6.47. The Morgan fingerprint density at radius 1 is 1.23 bits per heavy atom. The summed E-state index contributed by atoms with van der Waals surface area (Å²) in [5, 5.41) is 4.77. The van der Waals surface area contributed by atoms with E-state index in [1.165, 1.54) is 6.07 Å². The number of benzene rings is 1. The molecule has 4 heterocycles. The van der Waals surface area contributed by atoms with Crippen molar-refractivity contribution in [3.63, 3.8) is 0 Å². The molecule has 1 aromatic carbocycles. The quantitative estimate of drug-likeness (QED) is 0.690. The zero-order valence-corrected chi connectivity index (χ0v) is 17.4. The number of nitrogens with zero attached hydrogens (tertiary/aromatic N) is 4. The molecule has 0 amide bonds. The zero-order valence-electron chi connectivity index (χ0n) is 17.4. The number of aromatic nitrogens is 4. The van der Waals surface area contributed by atoms with E-state index in [1.807, 2.05) is 0 Å². The van der Waals surface area contributed by atoms with E-state index in [4.69, 9.17) is 9.84 Å². The van der Waals surface area contributed by atoms with Crippen LogP contribution in [0.2, 0.25) is 0 Å². The molecule has 2 saturated heterocycles. The topological polar surface area (TPSA) is 75.5 Å².